The van der Waals surface area contributed by atoms with E-state index < -0.39 is 11.5 Å². The molecular weight excluding hydrogens is 395 g/mol. The smallest absolute Gasteiger partial charge is 0.256 e. The minimum atomic E-state index is -0.955. The molecule has 1 fully saturated rings. The van der Waals surface area contributed by atoms with Crippen LogP contribution in [0.4, 0.5) is 4.39 Å². The summed E-state index contributed by atoms with van der Waals surface area (Å²) in [5.41, 5.74) is 1.84. The first kappa shape index (κ1) is 19.3. The van der Waals surface area contributed by atoms with Gasteiger partial charge in [-0.05, 0) is 53.6 Å². The van der Waals surface area contributed by atoms with Gasteiger partial charge < -0.3 is 14.5 Å². The lowest BCUT2D eigenvalue weighted by molar-refractivity contribution is 0.00771. The Balaban J connectivity index is 1.67. The molecule has 5 rings (SSSR count). The molecule has 2 aliphatic heterocycles. The maximum absolute atomic E-state index is 13.6. The van der Waals surface area contributed by atoms with E-state index in [4.69, 9.17) is 4.74 Å². The molecule has 2 aliphatic rings. The molecule has 2 amide bonds. The van der Waals surface area contributed by atoms with Crippen LogP contribution in [0.1, 0.15) is 31.8 Å². The highest BCUT2D eigenvalue weighted by atomic mass is 19.1. The number of hydrogen-bond donors (Lipinski definition) is 0. The lowest BCUT2D eigenvalue weighted by Crippen LogP contribution is -2.58. The third kappa shape index (κ3) is 2.90. The molecule has 156 valence electrons. The van der Waals surface area contributed by atoms with Crippen molar-refractivity contribution in [2.45, 2.75) is 12.1 Å². The fourth-order valence-corrected chi connectivity index (χ4v) is 4.76. The van der Waals surface area contributed by atoms with Crippen LogP contribution in [0.15, 0.2) is 72.8 Å². The van der Waals surface area contributed by atoms with Crippen molar-refractivity contribution in [3.63, 3.8) is 0 Å². The summed E-state index contributed by atoms with van der Waals surface area (Å²) in [6, 6.07) is 20.6. The van der Waals surface area contributed by atoms with Crippen molar-refractivity contribution in [1.82, 2.24) is 9.80 Å². The largest absolute Gasteiger partial charge is 0.497 e. The first-order valence-corrected chi connectivity index (χ1v) is 10.2. The minimum Gasteiger partial charge on any atom is -0.497 e. The molecule has 5 nitrogen and oxygen atoms in total. The Hall–Kier alpha value is -3.67. The Labute approximate surface area is 179 Å². The van der Waals surface area contributed by atoms with Crippen molar-refractivity contribution in [2.75, 3.05) is 20.2 Å². The second-order valence-electron chi connectivity index (χ2n) is 7.80. The Morgan fingerprint density at radius 1 is 0.968 bits per heavy atom. The van der Waals surface area contributed by atoms with Gasteiger partial charge in [0.05, 0.1) is 7.11 Å². The number of fused-ring (bicyclic) bond motifs is 2. The van der Waals surface area contributed by atoms with E-state index in [9.17, 15) is 14.0 Å². The quantitative estimate of drug-likeness (QED) is 0.652. The van der Waals surface area contributed by atoms with Gasteiger partial charge in [0.1, 0.15) is 17.2 Å². The summed E-state index contributed by atoms with van der Waals surface area (Å²) in [4.78, 5) is 30.6. The van der Waals surface area contributed by atoms with Crippen LogP contribution in [0, 0.1) is 5.82 Å². The molecule has 31 heavy (non-hydrogen) atoms. The number of carbonyl (C=O) groups excluding carboxylic acids is 2. The second kappa shape index (κ2) is 7.23. The predicted molar refractivity (Wildman–Crippen MR) is 113 cm³/mol. The molecule has 0 radical (unpaired) electrons. The van der Waals surface area contributed by atoms with Gasteiger partial charge in [-0.3, -0.25) is 9.59 Å². The summed E-state index contributed by atoms with van der Waals surface area (Å²) < 4.78 is 18.7. The molecule has 1 atom stereocenters. The van der Waals surface area contributed by atoms with Gasteiger partial charge in [0, 0.05) is 30.6 Å². The monoisotopic (exact) mass is 416 g/mol. The maximum Gasteiger partial charge on any atom is 0.256 e. The second-order valence-corrected chi connectivity index (χ2v) is 7.80. The molecule has 0 aromatic heterocycles. The third-order valence-electron chi connectivity index (χ3n) is 6.26. The van der Waals surface area contributed by atoms with Crippen LogP contribution in [0.2, 0.25) is 0 Å². The number of carbonyl (C=O) groups is 2. The van der Waals surface area contributed by atoms with E-state index in [0.717, 1.165) is 11.1 Å². The standard InChI is InChI=1S/C25H21FN2O3/c1-31-21-12-8-19(9-13-21)25-16-18-4-2-3-5-22(18)24(30)28(25)15-14-27(25)23(29)17-6-10-20(26)11-7-17/h2-13H,14-16H2,1H3. The number of ether oxygens (including phenoxy) is 1. The van der Waals surface area contributed by atoms with Crippen LogP contribution in [0.3, 0.4) is 0 Å². The van der Waals surface area contributed by atoms with E-state index in [1.54, 1.807) is 16.9 Å². The van der Waals surface area contributed by atoms with Crippen molar-refractivity contribution in [3.8, 4) is 5.75 Å². The van der Waals surface area contributed by atoms with Crippen LogP contribution < -0.4 is 4.74 Å². The van der Waals surface area contributed by atoms with Gasteiger partial charge in [-0.25, -0.2) is 4.39 Å². The number of hydrogen-bond acceptors (Lipinski definition) is 3. The Morgan fingerprint density at radius 3 is 2.39 bits per heavy atom. The zero-order valence-corrected chi connectivity index (χ0v) is 17.0. The summed E-state index contributed by atoms with van der Waals surface area (Å²) in [5, 5.41) is 0. The molecule has 0 spiro atoms. The summed E-state index contributed by atoms with van der Waals surface area (Å²) in [6.07, 6.45) is 0.480. The molecule has 2 heterocycles. The van der Waals surface area contributed by atoms with Gasteiger partial charge in [0.25, 0.3) is 11.8 Å². The number of benzene rings is 3. The fraction of sp³-hybridized carbons (Fsp3) is 0.200. The molecule has 0 aliphatic carbocycles. The van der Waals surface area contributed by atoms with E-state index in [1.165, 1.54) is 24.3 Å². The molecule has 6 heteroatoms. The highest BCUT2D eigenvalue weighted by molar-refractivity contribution is 6.00. The molecule has 3 aromatic carbocycles. The highest BCUT2D eigenvalue weighted by Gasteiger charge is 2.55. The topological polar surface area (TPSA) is 49.9 Å². The summed E-state index contributed by atoms with van der Waals surface area (Å²) >= 11 is 0. The fourth-order valence-electron chi connectivity index (χ4n) is 4.76. The van der Waals surface area contributed by atoms with E-state index in [1.807, 2.05) is 48.5 Å². The van der Waals surface area contributed by atoms with Gasteiger partial charge in [0.2, 0.25) is 0 Å². The van der Waals surface area contributed by atoms with Crippen molar-refractivity contribution in [2.24, 2.45) is 0 Å². The first-order chi connectivity index (χ1) is 15.0. The molecule has 0 N–H and O–H groups in total. The van der Waals surface area contributed by atoms with Gasteiger partial charge in [-0.15, -0.1) is 0 Å². The maximum atomic E-state index is 13.6. The number of halogens is 1. The first-order valence-electron chi connectivity index (χ1n) is 10.2. The Morgan fingerprint density at radius 2 is 1.68 bits per heavy atom. The molecule has 1 unspecified atom stereocenters. The van der Waals surface area contributed by atoms with Gasteiger partial charge >= 0.3 is 0 Å². The Kier molecular flexibility index (Phi) is 4.50. The van der Waals surface area contributed by atoms with Crippen molar-refractivity contribution < 1.29 is 18.7 Å². The van der Waals surface area contributed by atoms with Crippen LogP contribution in [0.5, 0.6) is 5.75 Å². The number of amides is 2. The molecule has 1 saturated heterocycles. The zero-order valence-electron chi connectivity index (χ0n) is 17.0. The molecule has 0 saturated carbocycles. The van der Waals surface area contributed by atoms with Crippen LogP contribution in [-0.2, 0) is 12.1 Å². The van der Waals surface area contributed by atoms with Crippen LogP contribution >= 0.6 is 0 Å². The number of methoxy groups -OCH3 is 1. The number of nitrogens with zero attached hydrogens (tertiary/aromatic N) is 2. The molecule has 0 bridgehead atoms. The van der Waals surface area contributed by atoms with Crippen molar-refractivity contribution in [1.29, 1.82) is 0 Å². The average Bonchev–Trinajstić information content (AvgIpc) is 3.20. The molecule has 3 aromatic rings. The summed E-state index contributed by atoms with van der Waals surface area (Å²) in [5.74, 6) is -0.0209. The SMILES string of the molecule is COc1ccc(C23Cc4ccccc4C(=O)N2CCN3C(=O)c2ccc(F)cc2)cc1. The zero-order chi connectivity index (χ0) is 21.6. The van der Waals surface area contributed by atoms with Crippen LogP contribution in [-0.4, -0.2) is 41.8 Å². The lowest BCUT2D eigenvalue weighted by Gasteiger charge is -2.47. The predicted octanol–water partition coefficient (Wildman–Crippen LogP) is 3.84. The van der Waals surface area contributed by atoms with Gasteiger partial charge in [0.15, 0.2) is 0 Å². The Bertz CT molecular complexity index is 1160. The van der Waals surface area contributed by atoms with Crippen LogP contribution in [0.25, 0.3) is 0 Å². The minimum absolute atomic E-state index is 0.0907. The van der Waals surface area contributed by atoms with Crippen molar-refractivity contribution in [3.05, 3.63) is 101 Å². The average molecular weight is 416 g/mol. The third-order valence-corrected chi connectivity index (χ3v) is 6.26. The van der Waals surface area contributed by atoms with E-state index in [0.29, 0.717) is 36.4 Å². The van der Waals surface area contributed by atoms with Crippen molar-refractivity contribution >= 4 is 11.8 Å². The van der Waals surface area contributed by atoms with Gasteiger partial charge in [-0.2, -0.15) is 0 Å². The van der Waals surface area contributed by atoms with E-state index >= 15 is 0 Å². The summed E-state index contributed by atoms with van der Waals surface area (Å²) in [7, 11) is 1.60. The van der Waals surface area contributed by atoms with E-state index in [2.05, 4.69) is 0 Å². The number of rotatable bonds is 3. The lowest BCUT2D eigenvalue weighted by atomic mass is 9.83. The summed E-state index contributed by atoms with van der Waals surface area (Å²) in [6.45, 7) is 0.814. The van der Waals surface area contributed by atoms with Gasteiger partial charge in [-0.1, -0.05) is 30.3 Å². The van der Waals surface area contributed by atoms with E-state index in [-0.39, 0.29) is 11.8 Å². The molecular formula is C25H21FN2O3. The normalized spacial score (nSPS) is 19.7. The highest BCUT2D eigenvalue weighted by Crippen LogP contribution is 2.45.